The fraction of sp³-hybridized carbons (Fsp3) is 0.423. The zero-order valence-electron chi connectivity index (χ0n) is 20.9. The van der Waals surface area contributed by atoms with Crippen LogP contribution in [0.3, 0.4) is 0 Å². The van der Waals surface area contributed by atoms with Crippen molar-refractivity contribution in [2.75, 3.05) is 20.2 Å². The second-order valence-corrected chi connectivity index (χ2v) is 10.4. The molecule has 1 aliphatic heterocycles. The van der Waals surface area contributed by atoms with Crippen LogP contribution in [-0.2, 0) is 26.2 Å². The summed E-state index contributed by atoms with van der Waals surface area (Å²) in [4.78, 5) is 40.5. The van der Waals surface area contributed by atoms with Gasteiger partial charge >= 0.3 is 0 Å². The highest BCUT2D eigenvalue weighted by molar-refractivity contribution is 7.90. The first-order chi connectivity index (χ1) is 17.2. The van der Waals surface area contributed by atoms with Gasteiger partial charge in [0.2, 0.25) is 11.8 Å². The molecule has 0 spiro atoms. The Morgan fingerprint density at radius 3 is 2.39 bits per heavy atom. The molecule has 2 aromatic carbocycles. The topological polar surface area (TPSA) is 113 Å². The molecule has 0 radical (unpaired) electrons. The van der Waals surface area contributed by atoms with Crippen molar-refractivity contribution in [1.82, 2.24) is 14.5 Å². The number of ether oxygens (including phenoxy) is 1. The molecule has 0 aliphatic carbocycles. The zero-order valence-corrected chi connectivity index (χ0v) is 21.7. The summed E-state index contributed by atoms with van der Waals surface area (Å²) >= 11 is 0. The third-order valence-electron chi connectivity index (χ3n) is 6.17. The Bertz CT molecular complexity index is 1200. The largest absolute Gasteiger partial charge is 0.497 e. The molecule has 0 saturated heterocycles. The Morgan fingerprint density at radius 1 is 1.08 bits per heavy atom. The number of hydrogen-bond donors (Lipinski definition) is 1. The van der Waals surface area contributed by atoms with E-state index in [-0.39, 0.29) is 35.9 Å². The van der Waals surface area contributed by atoms with Crippen LogP contribution in [0.25, 0.3) is 0 Å². The van der Waals surface area contributed by atoms with Crippen LogP contribution in [0.15, 0.2) is 53.4 Å². The van der Waals surface area contributed by atoms with Gasteiger partial charge in [0.15, 0.2) is 0 Å². The highest BCUT2D eigenvalue weighted by Crippen LogP contribution is 2.30. The van der Waals surface area contributed by atoms with Gasteiger partial charge in [-0.25, -0.2) is 12.7 Å². The SMILES string of the molecule is CCCCNC(=O)C(CC)N(Cc1ccc(OC)cc1)C(=O)CCN1C(=O)c2ccccc2S1(=O)=O. The standard InChI is InChI=1S/C26H33N3O6S/c1-4-6-16-27-25(31)22(5-2)28(18-19-11-13-20(35-3)14-12-19)24(30)15-17-29-26(32)21-9-7-8-10-23(21)36(29,33)34/h7-14,22H,4-6,15-18H2,1-3H3,(H,27,31). The van der Waals surface area contributed by atoms with E-state index in [0.717, 1.165) is 22.7 Å². The minimum atomic E-state index is -4.02. The minimum absolute atomic E-state index is 0.0562. The average Bonchev–Trinajstić information content (AvgIpc) is 3.07. The van der Waals surface area contributed by atoms with Gasteiger partial charge in [0.25, 0.3) is 15.9 Å². The predicted octanol–water partition coefficient (Wildman–Crippen LogP) is 2.95. The first kappa shape index (κ1) is 27.2. The molecular formula is C26H33N3O6S. The summed E-state index contributed by atoms with van der Waals surface area (Å²) in [5.41, 5.74) is 0.892. The van der Waals surface area contributed by atoms with Crippen LogP contribution in [0.5, 0.6) is 5.75 Å². The fourth-order valence-corrected chi connectivity index (χ4v) is 5.72. The van der Waals surface area contributed by atoms with E-state index in [1.54, 1.807) is 31.4 Å². The van der Waals surface area contributed by atoms with Gasteiger partial charge in [0.1, 0.15) is 16.7 Å². The molecular weight excluding hydrogens is 482 g/mol. The fourth-order valence-electron chi connectivity index (χ4n) is 4.15. The number of fused-ring (bicyclic) bond motifs is 1. The van der Waals surface area contributed by atoms with Crippen LogP contribution in [0.1, 0.15) is 55.5 Å². The number of nitrogens with zero attached hydrogens (tertiary/aromatic N) is 2. The van der Waals surface area contributed by atoms with E-state index in [0.29, 0.717) is 18.7 Å². The number of hydrogen-bond acceptors (Lipinski definition) is 6. The van der Waals surface area contributed by atoms with Crippen LogP contribution >= 0.6 is 0 Å². The molecule has 10 heteroatoms. The molecule has 2 aromatic rings. The molecule has 194 valence electrons. The molecule has 36 heavy (non-hydrogen) atoms. The van der Waals surface area contributed by atoms with Crippen molar-refractivity contribution in [2.45, 2.75) is 57.0 Å². The normalized spacial score (nSPS) is 14.8. The van der Waals surface area contributed by atoms with E-state index in [9.17, 15) is 22.8 Å². The third kappa shape index (κ3) is 5.87. The monoisotopic (exact) mass is 515 g/mol. The Balaban J connectivity index is 1.80. The van der Waals surface area contributed by atoms with E-state index in [2.05, 4.69) is 5.32 Å². The quantitative estimate of drug-likeness (QED) is 0.435. The first-order valence-electron chi connectivity index (χ1n) is 12.1. The Labute approximate surface area is 212 Å². The second-order valence-electron chi connectivity index (χ2n) is 8.57. The lowest BCUT2D eigenvalue weighted by Gasteiger charge is -2.31. The van der Waals surface area contributed by atoms with Crippen molar-refractivity contribution in [1.29, 1.82) is 0 Å². The molecule has 1 unspecified atom stereocenters. The summed E-state index contributed by atoms with van der Waals surface area (Å²) in [6, 6.07) is 12.4. The van der Waals surface area contributed by atoms with E-state index in [1.807, 2.05) is 26.0 Å². The van der Waals surface area contributed by atoms with Crippen molar-refractivity contribution < 1.29 is 27.5 Å². The van der Waals surface area contributed by atoms with Gasteiger partial charge in [0.05, 0.1) is 12.7 Å². The Morgan fingerprint density at radius 2 is 1.78 bits per heavy atom. The molecule has 3 rings (SSSR count). The van der Waals surface area contributed by atoms with Crippen molar-refractivity contribution in [3.05, 3.63) is 59.7 Å². The van der Waals surface area contributed by atoms with Crippen LogP contribution in [0, 0.1) is 0 Å². The van der Waals surface area contributed by atoms with Gasteiger partial charge < -0.3 is 15.0 Å². The maximum atomic E-state index is 13.4. The lowest BCUT2D eigenvalue weighted by molar-refractivity contribution is -0.141. The van der Waals surface area contributed by atoms with Crippen LogP contribution < -0.4 is 10.1 Å². The molecule has 3 amide bonds. The van der Waals surface area contributed by atoms with Gasteiger partial charge in [-0.2, -0.15) is 0 Å². The molecule has 0 bridgehead atoms. The highest BCUT2D eigenvalue weighted by atomic mass is 32.2. The first-order valence-corrected chi connectivity index (χ1v) is 13.5. The van der Waals surface area contributed by atoms with Gasteiger partial charge in [-0.3, -0.25) is 14.4 Å². The second kappa shape index (κ2) is 12.0. The maximum absolute atomic E-state index is 13.4. The summed E-state index contributed by atoms with van der Waals surface area (Å²) < 4.78 is 31.7. The zero-order chi connectivity index (χ0) is 26.3. The lowest BCUT2D eigenvalue weighted by atomic mass is 10.1. The van der Waals surface area contributed by atoms with Crippen molar-refractivity contribution in [2.24, 2.45) is 0 Å². The number of amides is 3. The highest BCUT2D eigenvalue weighted by Gasteiger charge is 2.41. The van der Waals surface area contributed by atoms with E-state index >= 15 is 0 Å². The predicted molar refractivity (Wildman–Crippen MR) is 135 cm³/mol. The third-order valence-corrected chi connectivity index (χ3v) is 8.01. The molecule has 0 saturated carbocycles. The molecule has 1 aliphatic rings. The maximum Gasteiger partial charge on any atom is 0.269 e. The number of unbranched alkanes of at least 4 members (excludes halogenated alkanes) is 1. The molecule has 0 aromatic heterocycles. The summed E-state index contributed by atoms with van der Waals surface area (Å²) in [5.74, 6) is -0.657. The van der Waals surface area contributed by atoms with Gasteiger partial charge in [-0.05, 0) is 42.7 Å². The van der Waals surface area contributed by atoms with Crippen LogP contribution in [0.4, 0.5) is 0 Å². The molecule has 0 fully saturated rings. The summed E-state index contributed by atoms with van der Waals surface area (Å²) in [6.45, 7) is 4.21. The van der Waals surface area contributed by atoms with E-state index < -0.39 is 27.9 Å². The van der Waals surface area contributed by atoms with E-state index in [4.69, 9.17) is 4.74 Å². The summed E-state index contributed by atoms with van der Waals surface area (Å²) in [6.07, 6.45) is 1.89. The van der Waals surface area contributed by atoms with Crippen LogP contribution in [0.2, 0.25) is 0 Å². The van der Waals surface area contributed by atoms with Crippen LogP contribution in [-0.4, -0.2) is 61.6 Å². The van der Waals surface area contributed by atoms with Gasteiger partial charge in [-0.15, -0.1) is 0 Å². The summed E-state index contributed by atoms with van der Waals surface area (Å²) in [5, 5.41) is 2.89. The number of rotatable bonds is 12. The smallest absolute Gasteiger partial charge is 0.269 e. The van der Waals surface area contributed by atoms with Gasteiger partial charge in [-0.1, -0.05) is 44.5 Å². The molecule has 9 nitrogen and oxygen atoms in total. The van der Waals surface area contributed by atoms with Crippen molar-refractivity contribution >= 4 is 27.7 Å². The van der Waals surface area contributed by atoms with E-state index in [1.165, 1.54) is 17.0 Å². The number of benzene rings is 2. The van der Waals surface area contributed by atoms with Crippen molar-refractivity contribution in [3.8, 4) is 5.75 Å². The number of nitrogens with one attached hydrogen (secondary N) is 1. The number of carbonyl (C=O) groups excluding carboxylic acids is 3. The minimum Gasteiger partial charge on any atom is -0.497 e. The molecule has 1 heterocycles. The Hall–Kier alpha value is -3.40. The lowest BCUT2D eigenvalue weighted by Crippen LogP contribution is -2.49. The molecule has 1 N–H and O–H groups in total. The Kier molecular flexibility index (Phi) is 9.08. The molecule has 1 atom stereocenters. The van der Waals surface area contributed by atoms with Gasteiger partial charge in [0, 0.05) is 26.1 Å². The summed E-state index contributed by atoms with van der Waals surface area (Å²) in [7, 11) is -2.46. The average molecular weight is 516 g/mol. The van der Waals surface area contributed by atoms with Crippen molar-refractivity contribution in [3.63, 3.8) is 0 Å². The number of sulfonamides is 1. The number of carbonyl (C=O) groups is 3. The number of methoxy groups -OCH3 is 1.